The topological polar surface area (TPSA) is 64.3 Å². The van der Waals surface area contributed by atoms with Crippen molar-refractivity contribution in [3.63, 3.8) is 0 Å². The maximum atomic E-state index is 11.5. The van der Waals surface area contributed by atoms with Crippen LogP contribution in [0, 0.1) is 6.92 Å². The van der Waals surface area contributed by atoms with Gasteiger partial charge >= 0.3 is 0 Å². The molecule has 2 aromatic carbocycles. The van der Waals surface area contributed by atoms with Gasteiger partial charge in [0.15, 0.2) is 0 Å². The number of anilines is 1. The van der Waals surface area contributed by atoms with Crippen LogP contribution in [0.2, 0.25) is 0 Å². The van der Waals surface area contributed by atoms with Gasteiger partial charge in [-0.15, -0.1) is 0 Å². The van der Waals surface area contributed by atoms with Crippen molar-refractivity contribution in [3.05, 3.63) is 59.2 Å². The predicted molar refractivity (Wildman–Crippen MR) is 93.4 cm³/mol. The van der Waals surface area contributed by atoms with Crippen LogP contribution in [0.1, 0.15) is 30.0 Å². The Morgan fingerprint density at radius 1 is 1.13 bits per heavy atom. The first-order valence-electron chi connectivity index (χ1n) is 7.92. The Hall–Kier alpha value is -2.49. The van der Waals surface area contributed by atoms with Gasteiger partial charge in [0.25, 0.3) is 0 Å². The molecule has 0 heterocycles. The Morgan fingerprint density at radius 2 is 1.83 bits per heavy atom. The van der Waals surface area contributed by atoms with E-state index < -0.39 is 0 Å². The van der Waals surface area contributed by atoms with Gasteiger partial charge in [-0.3, -0.25) is 4.79 Å². The van der Waals surface area contributed by atoms with Crippen LogP contribution in [-0.4, -0.2) is 12.5 Å². The van der Waals surface area contributed by atoms with Gasteiger partial charge in [-0.25, -0.2) is 0 Å². The Balaban J connectivity index is 1.91. The first-order chi connectivity index (χ1) is 11.1. The average molecular weight is 312 g/mol. The Labute approximate surface area is 137 Å². The van der Waals surface area contributed by atoms with Gasteiger partial charge in [0.05, 0.1) is 5.69 Å². The van der Waals surface area contributed by atoms with E-state index >= 15 is 0 Å². The highest BCUT2D eigenvalue weighted by Gasteiger charge is 2.05. The van der Waals surface area contributed by atoms with E-state index in [1.807, 2.05) is 37.3 Å². The summed E-state index contributed by atoms with van der Waals surface area (Å²) < 4.78 is 5.78. The van der Waals surface area contributed by atoms with E-state index in [4.69, 9.17) is 10.5 Å². The van der Waals surface area contributed by atoms with Crippen molar-refractivity contribution in [2.24, 2.45) is 0 Å². The molecule has 0 aliphatic rings. The fourth-order valence-electron chi connectivity index (χ4n) is 2.27. The molecular weight excluding hydrogens is 288 g/mol. The van der Waals surface area contributed by atoms with Gasteiger partial charge in [-0.2, -0.15) is 0 Å². The van der Waals surface area contributed by atoms with Gasteiger partial charge in [-0.1, -0.05) is 35.9 Å². The van der Waals surface area contributed by atoms with Crippen LogP contribution in [0.25, 0.3) is 0 Å². The second-order valence-corrected chi connectivity index (χ2v) is 5.60. The molecule has 0 aliphatic carbocycles. The van der Waals surface area contributed by atoms with Crippen molar-refractivity contribution in [2.45, 2.75) is 33.3 Å². The maximum absolute atomic E-state index is 11.5. The summed E-state index contributed by atoms with van der Waals surface area (Å²) in [6, 6.07) is 13.9. The number of amides is 1. The number of aryl methyl sites for hydroxylation is 2. The minimum absolute atomic E-state index is 0.0609. The normalized spacial score (nSPS) is 10.3. The van der Waals surface area contributed by atoms with Crippen LogP contribution in [0.15, 0.2) is 42.5 Å². The summed E-state index contributed by atoms with van der Waals surface area (Å²) in [7, 11) is 0. The molecule has 0 unspecified atom stereocenters. The third kappa shape index (κ3) is 5.33. The molecule has 0 fully saturated rings. The molecular formula is C19H24N2O2. The van der Waals surface area contributed by atoms with Crippen molar-refractivity contribution >= 4 is 11.6 Å². The minimum Gasteiger partial charge on any atom is -0.487 e. The summed E-state index contributed by atoms with van der Waals surface area (Å²) in [4.78, 5) is 11.5. The highest BCUT2D eigenvalue weighted by molar-refractivity contribution is 5.76. The van der Waals surface area contributed by atoms with Gasteiger partial charge in [0, 0.05) is 13.0 Å². The van der Waals surface area contributed by atoms with E-state index in [2.05, 4.69) is 24.4 Å². The van der Waals surface area contributed by atoms with Gasteiger partial charge < -0.3 is 15.8 Å². The zero-order valence-electron chi connectivity index (χ0n) is 13.8. The van der Waals surface area contributed by atoms with Crippen LogP contribution in [0.5, 0.6) is 5.75 Å². The van der Waals surface area contributed by atoms with Crippen molar-refractivity contribution in [3.8, 4) is 5.75 Å². The van der Waals surface area contributed by atoms with E-state index in [1.165, 1.54) is 5.56 Å². The molecule has 0 saturated heterocycles. The average Bonchev–Trinajstić information content (AvgIpc) is 2.54. The second-order valence-electron chi connectivity index (χ2n) is 5.60. The van der Waals surface area contributed by atoms with Crippen molar-refractivity contribution in [1.82, 2.24) is 5.32 Å². The van der Waals surface area contributed by atoms with Crippen LogP contribution in [-0.2, 0) is 17.8 Å². The lowest BCUT2D eigenvalue weighted by molar-refractivity contribution is -0.120. The molecule has 122 valence electrons. The lowest BCUT2D eigenvalue weighted by atomic mass is 10.1. The van der Waals surface area contributed by atoms with Crippen molar-refractivity contribution in [2.75, 3.05) is 12.3 Å². The van der Waals surface area contributed by atoms with E-state index in [9.17, 15) is 4.79 Å². The molecule has 0 bridgehead atoms. The minimum atomic E-state index is 0.0609. The van der Waals surface area contributed by atoms with Crippen LogP contribution in [0.3, 0.4) is 0 Å². The molecule has 4 heteroatoms. The Bertz CT molecular complexity index is 651. The summed E-state index contributed by atoms with van der Waals surface area (Å²) in [5.74, 6) is 0.734. The molecule has 0 aliphatic heterocycles. The highest BCUT2D eigenvalue weighted by Crippen LogP contribution is 2.24. The number of nitrogens with one attached hydrogen (secondary N) is 1. The largest absolute Gasteiger partial charge is 0.487 e. The lowest BCUT2D eigenvalue weighted by Crippen LogP contribution is -2.22. The number of benzene rings is 2. The SMILES string of the molecule is CCNC(=O)CCc1ccc(OCc2ccc(C)cc2)c(N)c1. The maximum Gasteiger partial charge on any atom is 0.220 e. The highest BCUT2D eigenvalue weighted by atomic mass is 16.5. The molecule has 4 nitrogen and oxygen atoms in total. The molecule has 23 heavy (non-hydrogen) atoms. The fourth-order valence-corrected chi connectivity index (χ4v) is 2.27. The van der Waals surface area contributed by atoms with Crippen molar-refractivity contribution < 1.29 is 9.53 Å². The second kappa shape index (κ2) is 8.22. The number of carbonyl (C=O) groups excluding carboxylic acids is 1. The summed E-state index contributed by atoms with van der Waals surface area (Å²) >= 11 is 0. The molecule has 1 amide bonds. The molecule has 0 aromatic heterocycles. The third-order valence-electron chi connectivity index (χ3n) is 3.60. The van der Waals surface area contributed by atoms with Crippen LogP contribution < -0.4 is 15.8 Å². The van der Waals surface area contributed by atoms with Crippen molar-refractivity contribution in [1.29, 1.82) is 0 Å². The summed E-state index contributed by atoms with van der Waals surface area (Å²) in [6.45, 7) is 5.12. The van der Waals surface area contributed by atoms with E-state index in [1.54, 1.807) is 0 Å². The zero-order valence-corrected chi connectivity index (χ0v) is 13.8. The van der Waals surface area contributed by atoms with Gasteiger partial charge in [0.1, 0.15) is 12.4 Å². The quantitative estimate of drug-likeness (QED) is 0.772. The van der Waals surface area contributed by atoms with Crippen LogP contribution >= 0.6 is 0 Å². The van der Waals surface area contributed by atoms with E-state index in [0.29, 0.717) is 37.4 Å². The third-order valence-corrected chi connectivity index (χ3v) is 3.60. The molecule has 0 atom stereocenters. The monoisotopic (exact) mass is 312 g/mol. The lowest BCUT2D eigenvalue weighted by Gasteiger charge is -2.11. The number of carbonyl (C=O) groups is 1. The van der Waals surface area contributed by atoms with Crippen LogP contribution in [0.4, 0.5) is 5.69 Å². The number of ether oxygens (including phenoxy) is 1. The van der Waals surface area contributed by atoms with Gasteiger partial charge in [0.2, 0.25) is 5.91 Å². The predicted octanol–water partition coefficient (Wildman–Crippen LogP) is 3.22. The molecule has 0 spiro atoms. The zero-order chi connectivity index (χ0) is 16.7. The first-order valence-corrected chi connectivity index (χ1v) is 7.92. The van der Waals surface area contributed by atoms with Gasteiger partial charge in [-0.05, 0) is 43.5 Å². The number of nitrogen functional groups attached to an aromatic ring is 1. The molecule has 2 rings (SSSR count). The van der Waals surface area contributed by atoms with E-state index in [-0.39, 0.29) is 5.91 Å². The number of hydrogen-bond acceptors (Lipinski definition) is 3. The number of rotatable bonds is 7. The van der Waals surface area contributed by atoms with E-state index in [0.717, 1.165) is 11.1 Å². The fraction of sp³-hybridized carbons (Fsp3) is 0.316. The standard InChI is InChI=1S/C19H24N2O2/c1-3-21-19(22)11-9-15-8-10-18(17(20)12-15)23-13-16-6-4-14(2)5-7-16/h4-8,10,12H,3,9,11,13,20H2,1-2H3,(H,21,22). The first kappa shape index (κ1) is 16.9. The summed E-state index contributed by atoms with van der Waals surface area (Å²) in [5, 5.41) is 2.79. The molecule has 3 N–H and O–H groups in total. The molecule has 0 radical (unpaired) electrons. The Kier molecular flexibility index (Phi) is 6.03. The molecule has 0 saturated carbocycles. The number of hydrogen-bond donors (Lipinski definition) is 2. The number of nitrogens with two attached hydrogens (primary N) is 1. The smallest absolute Gasteiger partial charge is 0.220 e. The summed E-state index contributed by atoms with van der Waals surface area (Å²) in [5.41, 5.74) is 10.0. The molecule has 2 aromatic rings. The summed E-state index contributed by atoms with van der Waals surface area (Å²) in [6.07, 6.45) is 1.14. The Morgan fingerprint density at radius 3 is 2.48 bits per heavy atom.